The van der Waals surface area contributed by atoms with Gasteiger partial charge in [-0.15, -0.1) is 6.58 Å². The van der Waals surface area contributed by atoms with Crippen molar-refractivity contribution >= 4 is 28.5 Å². The number of ketones is 1. The molecule has 9 nitrogen and oxygen atoms in total. The maximum atomic E-state index is 14.0. The average molecular weight is 616 g/mol. The molecule has 0 fully saturated rings. The van der Waals surface area contributed by atoms with Gasteiger partial charge in [-0.2, -0.15) is 0 Å². The zero-order chi connectivity index (χ0) is 32.5. The highest BCUT2D eigenvalue weighted by Crippen LogP contribution is 2.38. The number of methoxy groups -OCH3 is 3. The van der Waals surface area contributed by atoms with Gasteiger partial charge in [0, 0.05) is 49.7 Å². The lowest BCUT2D eigenvalue weighted by atomic mass is 10.0. The second-order valence-corrected chi connectivity index (χ2v) is 10.8. The van der Waals surface area contributed by atoms with Crippen LogP contribution in [0.2, 0.25) is 0 Å². The van der Waals surface area contributed by atoms with Gasteiger partial charge >= 0.3 is 0 Å². The fourth-order valence-corrected chi connectivity index (χ4v) is 5.29. The summed E-state index contributed by atoms with van der Waals surface area (Å²) in [5, 5.41) is 3.38. The molecule has 1 aromatic heterocycles. The minimum atomic E-state index is -0.716. The Morgan fingerprint density at radius 2 is 1.64 bits per heavy atom. The second kappa shape index (κ2) is 15.1. The van der Waals surface area contributed by atoms with Gasteiger partial charge in [0.15, 0.2) is 11.5 Å². The van der Waals surface area contributed by atoms with Crippen LogP contribution in [0, 0.1) is 11.7 Å². The molecule has 4 aromatic rings. The molecular weight excluding hydrogens is 577 g/mol. The van der Waals surface area contributed by atoms with Crippen molar-refractivity contribution in [3.8, 4) is 17.2 Å². The minimum absolute atomic E-state index is 0.0497. The van der Waals surface area contributed by atoms with Crippen molar-refractivity contribution in [2.45, 2.75) is 26.4 Å². The van der Waals surface area contributed by atoms with Crippen molar-refractivity contribution in [3.05, 3.63) is 102 Å². The van der Waals surface area contributed by atoms with Crippen molar-refractivity contribution in [3.63, 3.8) is 0 Å². The van der Waals surface area contributed by atoms with Crippen molar-refractivity contribution in [1.82, 2.24) is 14.8 Å². The van der Waals surface area contributed by atoms with Crippen LogP contribution in [-0.4, -0.2) is 61.5 Å². The van der Waals surface area contributed by atoms with Crippen LogP contribution in [0.5, 0.6) is 17.2 Å². The number of hydrogen-bond acceptors (Lipinski definition) is 6. The van der Waals surface area contributed by atoms with E-state index in [0.717, 1.165) is 11.1 Å². The molecule has 0 saturated heterocycles. The third-order valence-electron chi connectivity index (χ3n) is 7.39. The first-order chi connectivity index (χ1) is 21.7. The van der Waals surface area contributed by atoms with Gasteiger partial charge in [0.1, 0.15) is 5.82 Å². The number of carbonyl (C=O) groups is 3. The SMILES string of the molecule is C=CCNC(=O)CC(C)CN(Cc1cc(OC)c(OC)c(OC)c1)C(=O)C(=O)c1cn(Cc2ccc(F)cc2)c2ccccc12. The number of amides is 2. The third-order valence-corrected chi connectivity index (χ3v) is 7.39. The molecule has 2 amide bonds. The number of aromatic nitrogens is 1. The molecule has 45 heavy (non-hydrogen) atoms. The van der Waals surface area contributed by atoms with E-state index in [4.69, 9.17) is 14.2 Å². The quantitative estimate of drug-likeness (QED) is 0.109. The van der Waals surface area contributed by atoms with Crippen LogP contribution < -0.4 is 19.5 Å². The smallest absolute Gasteiger partial charge is 0.295 e. The number of carbonyl (C=O) groups excluding carboxylic acids is 3. The Bertz CT molecular complexity index is 1660. The van der Waals surface area contributed by atoms with Gasteiger partial charge in [-0.05, 0) is 47.4 Å². The summed E-state index contributed by atoms with van der Waals surface area (Å²) < 4.78 is 31.8. The summed E-state index contributed by atoms with van der Waals surface area (Å²) >= 11 is 0. The summed E-state index contributed by atoms with van der Waals surface area (Å²) in [5.74, 6) is -0.966. The van der Waals surface area contributed by atoms with E-state index in [1.165, 1.54) is 38.4 Å². The van der Waals surface area contributed by atoms with Crippen LogP contribution in [0.3, 0.4) is 0 Å². The first kappa shape index (κ1) is 32.8. The third kappa shape index (κ3) is 7.89. The number of nitrogens with one attached hydrogen (secondary N) is 1. The Kier molecular flexibility index (Phi) is 11.0. The van der Waals surface area contributed by atoms with Gasteiger partial charge in [0.25, 0.3) is 11.7 Å². The summed E-state index contributed by atoms with van der Waals surface area (Å²) in [6.07, 6.45) is 3.41. The van der Waals surface area contributed by atoms with Crippen molar-refractivity contribution < 1.29 is 33.0 Å². The van der Waals surface area contributed by atoms with E-state index in [0.29, 0.717) is 41.3 Å². The number of hydrogen-bond donors (Lipinski definition) is 1. The number of fused-ring (bicyclic) bond motifs is 1. The maximum absolute atomic E-state index is 14.0. The molecule has 236 valence electrons. The molecule has 0 spiro atoms. The lowest BCUT2D eigenvalue weighted by Gasteiger charge is -2.26. The number of halogens is 1. The summed E-state index contributed by atoms with van der Waals surface area (Å²) in [7, 11) is 4.50. The maximum Gasteiger partial charge on any atom is 0.295 e. The predicted octanol–water partition coefficient (Wildman–Crippen LogP) is 5.39. The van der Waals surface area contributed by atoms with Gasteiger partial charge in [-0.25, -0.2) is 4.39 Å². The van der Waals surface area contributed by atoms with E-state index in [9.17, 15) is 18.8 Å². The lowest BCUT2D eigenvalue weighted by Crippen LogP contribution is -2.40. The molecule has 1 heterocycles. The molecule has 0 saturated carbocycles. The molecule has 0 aliphatic rings. The highest BCUT2D eigenvalue weighted by molar-refractivity contribution is 6.44. The summed E-state index contributed by atoms with van der Waals surface area (Å²) in [6, 6.07) is 16.9. The molecule has 10 heteroatoms. The van der Waals surface area contributed by atoms with Crippen molar-refractivity contribution in [2.24, 2.45) is 5.92 Å². The molecule has 4 rings (SSSR count). The monoisotopic (exact) mass is 615 g/mol. The van der Waals surface area contributed by atoms with Crippen molar-refractivity contribution in [1.29, 1.82) is 0 Å². The average Bonchev–Trinajstić information content (AvgIpc) is 3.41. The Balaban J connectivity index is 1.68. The van der Waals surface area contributed by atoms with E-state index >= 15 is 0 Å². The molecule has 3 aromatic carbocycles. The second-order valence-electron chi connectivity index (χ2n) is 10.8. The first-order valence-corrected chi connectivity index (χ1v) is 14.5. The standard InChI is InChI=1S/C35H38FN3O6/c1-6-15-37-32(40)16-23(2)19-39(21-25-17-30(43-3)34(45-5)31(18-25)44-4)35(42)33(41)28-22-38(29-10-8-7-9-27(28)29)20-24-11-13-26(36)14-12-24/h6-14,17-18,22-23H,1,15-16,19-21H2,2-5H3,(H,37,40). The highest BCUT2D eigenvalue weighted by atomic mass is 19.1. The van der Waals surface area contributed by atoms with Crippen LogP contribution in [0.4, 0.5) is 4.39 Å². The molecule has 0 radical (unpaired) electrons. The molecule has 0 aliphatic heterocycles. The zero-order valence-corrected chi connectivity index (χ0v) is 26.0. The minimum Gasteiger partial charge on any atom is -0.493 e. The molecular formula is C35H38FN3O6. The molecule has 0 aliphatic carbocycles. The Hall–Kier alpha value is -5.12. The van der Waals surface area contributed by atoms with E-state index in [2.05, 4.69) is 11.9 Å². The van der Waals surface area contributed by atoms with E-state index < -0.39 is 11.7 Å². The summed E-state index contributed by atoms with van der Waals surface area (Å²) in [6.45, 7) is 6.37. The van der Waals surface area contributed by atoms with Crippen LogP contribution in [-0.2, 0) is 22.7 Å². The number of Topliss-reactive ketones (excluding diaryl/α,β-unsaturated/α-hetero) is 1. The number of ether oxygens (including phenoxy) is 3. The van der Waals surface area contributed by atoms with Crippen LogP contribution in [0.15, 0.2) is 79.5 Å². The summed E-state index contributed by atoms with van der Waals surface area (Å²) in [4.78, 5) is 41.9. The van der Waals surface area contributed by atoms with Gasteiger partial charge in [0.05, 0.1) is 26.9 Å². The van der Waals surface area contributed by atoms with Crippen LogP contribution >= 0.6 is 0 Å². The highest BCUT2D eigenvalue weighted by Gasteiger charge is 2.29. The predicted molar refractivity (Wildman–Crippen MR) is 170 cm³/mol. The summed E-state index contributed by atoms with van der Waals surface area (Å²) in [5.41, 5.74) is 2.51. The fourth-order valence-electron chi connectivity index (χ4n) is 5.29. The van der Waals surface area contributed by atoms with Gasteiger partial charge in [-0.1, -0.05) is 43.3 Å². The molecule has 1 unspecified atom stereocenters. The lowest BCUT2D eigenvalue weighted by molar-refractivity contribution is -0.128. The number of nitrogens with zero attached hydrogens (tertiary/aromatic N) is 2. The van der Waals surface area contributed by atoms with E-state index in [-0.39, 0.29) is 42.7 Å². The number of para-hydroxylation sites is 1. The number of benzene rings is 3. The van der Waals surface area contributed by atoms with E-state index in [1.807, 2.05) is 29.7 Å². The molecule has 1 atom stereocenters. The Morgan fingerprint density at radius 1 is 0.978 bits per heavy atom. The fraction of sp³-hybridized carbons (Fsp3) is 0.286. The van der Waals surface area contributed by atoms with E-state index in [1.54, 1.807) is 42.6 Å². The van der Waals surface area contributed by atoms with Gasteiger partial charge in [0.2, 0.25) is 11.7 Å². The zero-order valence-electron chi connectivity index (χ0n) is 26.0. The molecule has 1 N–H and O–H groups in total. The number of rotatable bonds is 15. The van der Waals surface area contributed by atoms with Gasteiger partial charge < -0.3 is 29.0 Å². The Labute approximate surface area is 262 Å². The van der Waals surface area contributed by atoms with Crippen LogP contribution in [0.1, 0.15) is 34.8 Å². The van der Waals surface area contributed by atoms with Crippen molar-refractivity contribution in [2.75, 3.05) is 34.4 Å². The molecule has 0 bridgehead atoms. The van der Waals surface area contributed by atoms with Crippen LogP contribution in [0.25, 0.3) is 10.9 Å². The Morgan fingerprint density at radius 3 is 2.27 bits per heavy atom. The largest absolute Gasteiger partial charge is 0.493 e. The normalized spacial score (nSPS) is 11.5. The first-order valence-electron chi connectivity index (χ1n) is 14.5. The topological polar surface area (TPSA) is 99.1 Å². The van der Waals surface area contributed by atoms with Gasteiger partial charge in [-0.3, -0.25) is 14.4 Å².